The van der Waals surface area contributed by atoms with Crippen LogP contribution in [0.25, 0.3) is 0 Å². The number of carbonyl (C=O) groups is 1. The molecule has 1 heterocycles. The molecule has 9 nitrogen and oxygen atoms in total. The lowest BCUT2D eigenvalue weighted by Gasteiger charge is -2.11. The second-order valence-electron chi connectivity index (χ2n) is 6.32. The Balaban J connectivity index is 0.000000540. The van der Waals surface area contributed by atoms with Gasteiger partial charge < -0.3 is 15.7 Å². The van der Waals surface area contributed by atoms with Crippen LogP contribution in [-0.2, 0) is 14.8 Å². The number of halogens is 6. The molecule has 0 fully saturated rings. The zero-order valence-corrected chi connectivity index (χ0v) is 18.2. The number of aromatic nitrogens is 2. The maximum absolute atomic E-state index is 14.1. The van der Waals surface area contributed by atoms with Crippen molar-refractivity contribution in [3.05, 3.63) is 66.2 Å². The third-order valence-corrected chi connectivity index (χ3v) is 5.29. The molecule has 0 atom stereocenters. The number of sulfonamides is 1. The molecule has 4 N–H and O–H groups in total. The van der Waals surface area contributed by atoms with Gasteiger partial charge in [0.05, 0.1) is 10.6 Å². The molecule has 0 amide bonds. The summed E-state index contributed by atoms with van der Waals surface area (Å²) in [5.74, 6) is -5.08. The lowest BCUT2D eigenvalue weighted by atomic mass is 10.3. The topological polar surface area (TPSA) is 133 Å². The van der Waals surface area contributed by atoms with Crippen LogP contribution in [0.2, 0.25) is 0 Å². The summed E-state index contributed by atoms with van der Waals surface area (Å²) < 4.78 is 98.0. The van der Waals surface area contributed by atoms with Crippen molar-refractivity contribution in [2.24, 2.45) is 0 Å². The molecule has 1 aromatic heterocycles. The second kappa shape index (κ2) is 11.0. The minimum atomic E-state index is -5.08. The van der Waals surface area contributed by atoms with Crippen molar-refractivity contribution in [2.75, 3.05) is 17.7 Å². The number of anilines is 4. The maximum Gasteiger partial charge on any atom is 0.490 e. The predicted octanol–water partition coefficient (Wildman–Crippen LogP) is 3.92. The lowest BCUT2D eigenvalue weighted by Crippen LogP contribution is -2.21. The summed E-state index contributed by atoms with van der Waals surface area (Å²) in [6, 6.07) is 7.87. The van der Waals surface area contributed by atoms with E-state index in [9.17, 15) is 34.8 Å². The molecule has 0 unspecified atom stereocenters. The number of nitrogens with zero attached hydrogens (tertiary/aromatic N) is 2. The number of hydrogen-bond acceptors (Lipinski definition) is 7. The molecule has 0 saturated heterocycles. The largest absolute Gasteiger partial charge is 0.490 e. The number of alkyl halides is 3. The quantitative estimate of drug-likeness (QED) is 0.358. The summed E-state index contributed by atoms with van der Waals surface area (Å²) in [5.41, 5.74) is 0.130. The number of carboxylic acids is 1. The van der Waals surface area contributed by atoms with Crippen LogP contribution in [0.1, 0.15) is 0 Å². The summed E-state index contributed by atoms with van der Waals surface area (Å²) in [6.45, 7) is 0. The first-order valence-corrected chi connectivity index (χ1v) is 10.6. The minimum absolute atomic E-state index is 0.117. The number of nitrogens with one attached hydrogen (secondary N) is 3. The Morgan fingerprint density at radius 3 is 2.00 bits per heavy atom. The van der Waals surface area contributed by atoms with Crippen molar-refractivity contribution in [1.29, 1.82) is 0 Å². The van der Waals surface area contributed by atoms with Gasteiger partial charge in [-0.3, -0.25) is 0 Å². The third kappa shape index (κ3) is 7.82. The maximum atomic E-state index is 14.1. The average Bonchev–Trinajstić information content (AvgIpc) is 2.78. The van der Waals surface area contributed by atoms with Gasteiger partial charge in [0.25, 0.3) is 0 Å². The van der Waals surface area contributed by atoms with E-state index in [1.807, 2.05) is 0 Å². The minimum Gasteiger partial charge on any atom is -0.475 e. The van der Waals surface area contributed by atoms with Crippen molar-refractivity contribution in [3.63, 3.8) is 0 Å². The highest BCUT2D eigenvalue weighted by atomic mass is 32.2. The smallest absolute Gasteiger partial charge is 0.475 e. The van der Waals surface area contributed by atoms with E-state index in [2.05, 4.69) is 25.3 Å². The van der Waals surface area contributed by atoms with Crippen LogP contribution in [0, 0.1) is 17.5 Å². The van der Waals surface area contributed by atoms with Gasteiger partial charge in [-0.25, -0.2) is 41.1 Å². The van der Waals surface area contributed by atoms with E-state index in [4.69, 9.17) is 9.90 Å². The fraction of sp³-hybridized carbons (Fsp3) is 0.105. The SMILES string of the molecule is CNS(=O)(=O)c1ccc(F)c(Nc2cc(Nc3ccc(F)c(F)c3)ncn2)c1.O=C(O)C(F)(F)F. The Labute approximate surface area is 193 Å². The van der Waals surface area contributed by atoms with Crippen molar-refractivity contribution >= 4 is 39.0 Å². The molecule has 0 saturated carbocycles. The second-order valence-corrected chi connectivity index (χ2v) is 8.21. The fourth-order valence-corrected chi connectivity index (χ4v) is 2.99. The van der Waals surface area contributed by atoms with Crippen LogP contribution in [0.3, 0.4) is 0 Å². The average molecular weight is 523 g/mol. The lowest BCUT2D eigenvalue weighted by molar-refractivity contribution is -0.192. The van der Waals surface area contributed by atoms with Gasteiger partial charge in [0, 0.05) is 17.8 Å². The van der Waals surface area contributed by atoms with Gasteiger partial charge in [0.2, 0.25) is 10.0 Å². The van der Waals surface area contributed by atoms with Gasteiger partial charge in [-0.05, 0) is 37.4 Å². The highest BCUT2D eigenvalue weighted by molar-refractivity contribution is 7.89. The first-order chi connectivity index (χ1) is 16.2. The summed E-state index contributed by atoms with van der Waals surface area (Å²) in [4.78, 5) is 16.6. The monoisotopic (exact) mass is 523 g/mol. The molecule has 35 heavy (non-hydrogen) atoms. The highest BCUT2D eigenvalue weighted by Crippen LogP contribution is 2.24. The predicted molar refractivity (Wildman–Crippen MR) is 111 cm³/mol. The van der Waals surface area contributed by atoms with Gasteiger partial charge >= 0.3 is 12.1 Å². The van der Waals surface area contributed by atoms with Crippen molar-refractivity contribution in [2.45, 2.75) is 11.1 Å². The van der Waals surface area contributed by atoms with E-state index in [1.165, 1.54) is 19.2 Å². The van der Waals surface area contributed by atoms with Crippen LogP contribution in [-0.4, -0.2) is 42.7 Å². The molecule has 2 aromatic carbocycles. The number of rotatable bonds is 6. The fourth-order valence-electron chi connectivity index (χ4n) is 2.24. The van der Waals surface area contributed by atoms with Gasteiger partial charge in [-0.1, -0.05) is 0 Å². The van der Waals surface area contributed by atoms with Crippen molar-refractivity contribution in [3.8, 4) is 0 Å². The molecule has 0 aliphatic heterocycles. The standard InChI is InChI=1S/C17H14F3N5O2S.C2HF3O2/c1-21-28(26,27)11-3-5-13(19)15(7-11)25-17-8-16(22-9-23-17)24-10-2-4-12(18)14(20)6-10;3-2(4,5)1(6)7/h2-9,21H,1H3,(H2,22,23,24,25);(H,6,7). The van der Waals surface area contributed by atoms with Crippen LogP contribution in [0.4, 0.5) is 49.4 Å². The Morgan fingerprint density at radius 1 is 0.886 bits per heavy atom. The molecular formula is C19H15F6N5O4S. The van der Waals surface area contributed by atoms with Crippen LogP contribution < -0.4 is 15.4 Å². The molecule has 3 rings (SSSR count). The van der Waals surface area contributed by atoms with Gasteiger partial charge in [0.15, 0.2) is 11.6 Å². The first-order valence-electron chi connectivity index (χ1n) is 9.07. The summed E-state index contributed by atoms with van der Waals surface area (Å²) in [6.07, 6.45) is -3.92. The molecule has 0 aliphatic carbocycles. The van der Waals surface area contributed by atoms with Gasteiger partial charge in [-0.15, -0.1) is 0 Å². The Bertz CT molecular complexity index is 1320. The molecular weight excluding hydrogens is 508 g/mol. The van der Waals surface area contributed by atoms with E-state index in [1.54, 1.807) is 0 Å². The van der Waals surface area contributed by atoms with E-state index < -0.39 is 39.6 Å². The van der Waals surface area contributed by atoms with Crippen molar-refractivity contribution < 1.29 is 44.7 Å². The first kappa shape index (κ1) is 27.3. The zero-order valence-electron chi connectivity index (χ0n) is 17.4. The summed E-state index contributed by atoms with van der Waals surface area (Å²) >= 11 is 0. The van der Waals surface area contributed by atoms with Crippen LogP contribution in [0.15, 0.2) is 53.7 Å². The normalized spacial score (nSPS) is 11.3. The van der Waals surface area contributed by atoms with E-state index in [0.717, 1.165) is 36.7 Å². The van der Waals surface area contributed by atoms with E-state index >= 15 is 0 Å². The van der Waals surface area contributed by atoms with Crippen LogP contribution in [0.5, 0.6) is 0 Å². The number of carboxylic acid groups (broad SMARTS) is 1. The third-order valence-electron chi connectivity index (χ3n) is 3.88. The van der Waals surface area contributed by atoms with Crippen LogP contribution >= 0.6 is 0 Å². The molecule has 0 spiro atoms. The Hall–Kier alpha value is -3.92. The number of benzene rings is 2. The van der Waals surface area contributed by atoms with E-state index in [0.29, 0.717) is 0 Å². The Kier molecular flexibility index (Phi) is 8.59. The van der Waals surface area contributed by atoms with Crippen molar-refractivity contribution in [1.82, 2.24) is 14.7 Å². The summed E-state index contributed by atoms with van der Waals surface area (Å²) in [5, 5.41) is 12.5. The van der Waals surface area contributed by atoms with Gasteiger partial charge in [-0.2, -0.15) is 13.2 Å². The molecule has 188 valence electrons. The molecule has 0 radical (unpaired) electrons. The number of hydrogen-bond donors (Lipinski definition) is 4. The zero-order chi connectivity index (χ0) is 26.4. The molecule has 0 bridgehead atoms. The van der Waals surface area contributed by atoms with Gasteiger partial charge in [0.1, 0.15) is 23.8 Å². The van der Waals surface area contributed by atoms with E-state index in [-0.39, 0.29) is 27.9 Å². The summed E-state index contributed by atoms with van der Waals surface area (Å²) in [7, 11) is -2.51. The molecule has 0 aliphatic rings. The Morgan fingerprint density at radius 2 is 1.46 bits per heavy atom. The highest BCUT2D eigenvalue weighted by Gasteiger charge is 2.38. The molecule has 3 aromatic rings. The number of aliphatic carboxylic acids is 1. The molecule has 16 heteroatoms.